The van der Waals surface area contributed by atoms with E-state index in [4.69, 9.17) is 4.74 Å². The number of H-pyrrole nitrogens is 1. The highest BCUT2D eigenvalue weighted by Gasteiger charge is 2.22. The fraction of sp³-hybridized carbons (Fsp3) is 0.125. The number of aryl methyl sites for hydroxylation is 1. The highest BCUT2D eigenvalue weighted by atomic mass is 32.2. The van der Waals surface area contributed by atoms with Gasteiger partial charge in [-0.15, -0.1) is 0 Å². The molecule has 3 aromatic carbocycles. The molecule has 0 aliphatic rings. The molecule has 0 saturated carbocycles. The summed E-state index contributed by atoms with van der Waals surface area (Å²) < 4.78 is 33.3. The standard InChI is InChI=1S/C24H23N5O5S/c1-3-16-7-6-8-19-17(14-25-24(16)19)15-26-27-20-12-11-18(13-22(20)29(30)31)35(32,33)28-21-9-4-5-10-23(21)34-2/h4-15,25,27-28H,3H2,1-2H3/b26-15+. The second kappa shape index (κ2) is 9.85. The summed E-state index contributed by atoms with van der Waals surface area (Å²) in [6.07, 6.45) is 4.23. The summed E-state index contributed by atoms with van der Waals surface area (Å²) in [6.45, 7) is 2.07. The second-order valence-corrected chi connectivity index (χ2v) is 9.23. The molecule has 0 amide bonds. The summed E-state index contributed by atoms with van der Waals surface area (Å²) >= 11 is 0. The third-order valence-electron chi connectivity index (χ3n) is 5.43. The predicted molar refractivity (Wildman–Crippen MR) is 136 cm³/mol. The average molecular weight is 494 g/mol. The summed E-state index contributed by atoms with van der Waals surface area (Å²) in [6, 6.07) is 16.0. The van der Waals surface area contributed by atoms with Crippen LogP contribution in [0.5, 0.6) is 5.75 Å². The first-order chi connectivity index (χ1) is 16.8. The molecule has 4 aromatic rings. The molecule has 1 heterocycles. The van der Waals surface area contributed by atoms with Crippen molar-refractivity contribution >= 4 is 44.2 Å². The normalized spacial score (nSPS) is 11.6. The van der Waals surface area contributed by atoms with Gasteiger partial charge in [-0.05, 0) is 36.2 Å². The number of benzene rings is 3. The molecule has 4 rings (SSSR count). The van der Waals surface area contributed by atoms with E-state index in [9.17, 15) is 18.5 Å². The van der Waals surface area contributed by atoms with Crippen LogP contribution in [0.3, 0.4) is 0 Å². The minimum Gasteiger partial charge on any atom is -0.495 e. The lowest BCUT2D eigenvalue weighted by atomic mass is 10.1. The molecule has 0 aliphatic carbocycles. The number of nitrogens with one attached hydrogen (secondary N) is 3. The maximum Gasteiger partial charge on any atom is 0.295 e. The summed E-state index contributed by atoms with van der Waals surface area (Å²) in [5.74, 6) is 0.321. The largest absolute Gasteiger partial charge is 0.495 e. The van der Waals surface area contributed by atoms with E-state index < -0.39 is 20.6 Å². The van der Waals surface area contributed by atoms with Gasteiger partial charge >= 0.3 is 0 Å². The molecule has 0 atom stereocenters. The van der Waals surface area contributed by atoms with Gasteiger partial charge in [-0.2, -0.15) is 5.10 Å². The fourth-order valence-electron chi connectivity index (χ4n) is 3.67. The number of nitro benzene ring substituents is 1. The van der Waals surface area contributed by atoms with Crippen LogP contribution in [0.4, 0.5) is 17.1 Å². The molecular weight excluding hydrogens is 470 g/mol. The molecular formula is C24H23N5O5S. The molecule has 0 saturated heterocycles. The van der Waals surface area contributed by atoms with Gasteiger partial charge in [-0.3, -0.25) is 20.3 Å². The summed E-state index contributed by atoms with van der Waals surface area (Å²) in [5, 5.41) is 16.8. The second-order valence-electron chi connectivity index (χ2n) is 7.55. The Kier molecular flexibility index (Phi) is 6.69. The number of aromatic amines is 1. The number of nitrogens with zero attached hydrogens (tertiary/aromatic N) is 2. The van der Waals surface area contributed by atoms with Crippen LogP contribution in [0.15, 0.2) is 76.9 Å². The van der Waals surface area contributed by atoms with Crippen molar-refractivity contribution in [1.82, 2.24) is 4.98 Å². The molecule has 0 fully saturated rings. The van der Waals surface area contributed by atoms with Gasteiger partial charge in [0.1, 0.15) is 11.4 Å². The summed E-state index contributed by atoms with van der Waals surface area (Å²) in [4.78, 5) is 14.0. The van der Waals surface area contributed by atoms with E-state index >= 15 is 0 Å². The zero-order valence-electron chi connectivity index (χ0n) is 19.0. The van der Waals surface area contributed by atoms with Crippen molar-refractivity contribution in [3.05, 3.63) is 88.1 Å². The maximum atomic E-state index is 12.9. The number of anilines is 2. The third-order valence-corrected chi connectivity index (χ3v) is 6.79. The number of hydrogen-bond donors (Lipinski definition) is 3. The van der Waals surface area contributed by atoms with E-state index in [0.29, 0.717) is 5.75 Å². The Balaban J connectivity index is 1.59. The number of sulfonamides is 1. The molecule has 0 unspecified atom stereocenters. The van der Waals surface area contributed by atoms with Gasteiger partial charge in [0.25, 0.3) is 15.7 Å². The number of hydrazone groups is 1. The van der Waals surface area contributed by atoms with Gasteiger partial charge in [0.2, 0.25) is 0 Å². The van der Waals surface area contributed by atoms with Crippen LogP contribution in [0.25, 0.3) is 10.9 Å². The summed E-state index contributed by atoms with van der Waals surface area (Å²) in [7, 11) is -2.70. The molecule has 0 spiro atoms. The first-order valence-electron chi connectivity index (χ1n) is 10.7. The van der Waals surface area contributed by atoms with Gasteiger partial charge in [0, 0.05) is 28.7 Å². The van der Waals surface area contributed by atoms with E-state index in [-0.39, 0.29) is 16.3 Å². The highest BCUT2D eigenvalue weighted by Crippen LogP contribution is 2.31. The number of para-hydroxylation sites is 3. The van der Waals surface area contributed by atoms with Gasteiger partial charge in [-0.1, -0.05) is 37.3 Å². The smallest absolute Gasteiger partial charge is 0.295 e. The van der Waals surface area contributed by atoms with E-state index in [1.807, 2.05) is 24.4 Å². The zero-order valence-corrected chi connectivity index (χ0v) is 19.8. The Morgan fingerprint density at radius 3 is 2.66 bits per heavy atom. The van der Waals surface area contributed by atoms with E-state index in [2.05, 4.69) is 27.2 Å². The Morgan fingerprint density at radius 2 is 1.91 bits per heavy atom. The Hall–Kier alpha value is -4.38. The SMILES string of the molecule is CCc1cccc2c(/C=N/Nc3ccc(S(=O)(=O)Nc4ccccc4OC)cc3[N+](=O)[O-])c[nH]c12. The molecule has 0 bridgehead atoms. The number of fused-ring (bicyclic) bond motifs is 1. The number of aromatic nitrogens is 1. The average Bonchev–Trinajstić information content (AvgIpc) is 3.27. The number of nitro groups is 1. The van der Waals surface area contributed by atoms with E-state index in [1.54, 1.807) is 24.4 Å². The third kappa shape index (κ3) is 4.94. The minimum atomic E-state index is -4.11. The van der Waals surface area contributed by atoms with Crippen LogP contribution >= 0.6 is 0 Å². The number of methoxy groups -OCH3 is 1. The maximum absolute atomic E-state index is 12.9. The van der Waals surface area contributed by atoms with Crippen LogP contribution in [-0.2, 0) is 16.4 Å². The molecule has 3 N–H and O–H groups in total. The van der Waals surface area contributed by atoms with Crippen LogP contribution < -0.4 is 14.9 Å². The van der Waals surface area contributed by atoms with Crippen molar-refractivity contribution in [2.45, 2.75) is 18.2 Å². The number of hydrogen-bond acceptors (Lipinski definition) is 7. The lowest BCUT2D eigenvalue weighted by Crippen LogP contribution is -2.14. The van der Waals surface area contributed by atoms with Gasteiger partial charge < -0.3 is 9.72 Å². The lowest BCUT2D eigenvalue weighted by Gasteiger charge is -2.12. The molecule has 10 nitrogen and oxygen atoms in total. The quantitative estimate of drug-likeness (QED) is 0.172. The van der Waals surface area contributed by atoms with Crippen molar-refractivity contribution in [1.29, 1.82) is 0 Å². The number of ether oxygens (including phenoxy) is 1. The van der Waals surface area contributed by atoms with Crippen LogP contribution in [0.1, 0.15) is 18.1 Å². The zero-order chi connectivity index (χ0) is 25.0. The molecule has 0 radical (unpaired) electrons. The Bertz CT molecular complexity index is 1530. The molecule has 0 aliphatic heterocycles. The highest BCUT2D eigenvalue weighted by molar-refractivity contribution is 7.92. The van der Waals surface area contributed by atoms with Crippen molar-refractivity contribution in [3.8, 4) is 5.75 Å². The van der Waals surface area contributed by atoms with Crippen molar-refractivity contribution in [2.24, 2.45) is 5.10 Å². The molecule has 35 heavy (non-hydrogen) atoms. The van der Waals surface area contributed by atoms with Crippen LogP contribution in [-0.4, -0.2) is 31.6 Å². The van der Waals surface area contributed by atoms with Gasteiger partial charge in [0.15, 0.2) is 0 Å². The molecule has 180 valence electrons. The van der Waals surface area contributed by atoms with E-state index in [0.717, 1.165) is 29.0 Å². The van der Waals surface area contributed by atoms with Crippen molar-refractivity contribution in [2.75, 3.05) is 17.3 Å². The van der Waals surface area contributed by atoms with Gasteiger partial charge in [0.05, 0.1) is 28.8 Å². The fourth-order valence-corrected chi connectivity index (χ4v) is 4.76. The monoisotopic (exact) mass is 493 g/mol. The Morgan fingerprint density at radius 1 is 1.11 bits per heavy atom. The molecule has 11 heteroatoms. The topological polar surface area (TPSA) is 139 Å². The summed E-state index contributed by atoms with van der Waals surface area (Å²) in [5.41, 5.74) is 5.48. The van der Waals surface area contributed by atoms with Crippen molar-refractivity contribution in [3.63, 3.8) is 0 Å². The number of rotatable bonds is 9. The van der Waals surface area contributed by atoms with Crippen LogP contribution in [0.2, 0.25) is 0 Å². The molecule has 1 aromatic heterocycles. The first kappa shape index (κ1) is 23.8. The first-order valence-corrected chi connectivity index (χ1v) is 12.1. The van der Waals surface area contributed by atoms with Crippen molar-refractivity contribution < 1.29 is 18.1 Å². The minimum absolute atomic E-state index is 0.0524. The van der Waals surface area contributed by atoms with Gasteiger partial charge in [-0.25, -0.2) is 8.42 Å². The lowest BCUT2D eigenvalue weighted by molar-refractivity contribution is -0.384. The van der Waals surface area contributed by atoms with E-state index in [1.165, 1.54) is 30.9 Å². The Labute approximate surface area is 201 Å². The van der Waals surface area contributed by atoms with Crippen LogP contribution in [0, 0.1) is 10.1 Å². The predicted octanol–water partition coefficient (Wildman–Crippen LogP) is 4.89.